The number of hydrogen-bond donors (Lipinski definition) is 0. The van der Waals surface area contributed by atoms with Gasteiger partial charge in [-0.2, -0.15) is 0 Å². The van der Waals surface area contributed by atoms with E-state index in [9.17, 15) is 9.59 Å². The molecule has 6 rings (SSSR count). The third-order valence-corrected chi connectivity index (χ3v) is 8.31. The molecule has 3 heterocycles. The molecular weight excluding hydrogens is 448 g/mol. The number of piperazine rings is 1. The zero-order chi connectivity index (χ0) is 25.0. The number of rotatable bonds is 3. The van der Waals surface area contributed by atoms with Gasteiger partial charge >= 0.3 is 0 Å². The number of para-hydroxylation sites is 1. The fourth-order valence-electron chi connectivity index (χ4n) is 6.35. The number of aryl methyl sites for hydroxylation is 2. The lowest BCUT2D eigenvalue weighted by atomic mass is 10.0. The van der Waals surface area contributed by atoms with Crippen LogP contribution in [-0.4, -0.2) is 45.6 Å². The van der Waals surface area contributed by atoms with Gasteiger partial charge in [0.05, 0.1) is 5.56 Å². The Balaban J connectivity index is 1.42. The third-order valence-electron chi connectivity index (χ3n) is 8.31. The second-order valence-electron chi connectivity index (χ2n) is 10.6. The summed E-state index contributed by atoms with van der Waals surface area (Å²) in [6.45, 7) is 6.39. The Hall–Kier alpha value is -3.54. The van der Waals surface area contributed by atoms with Gasteiger partial charge < -0.3 is 18.9 Å². The van der Waals surface area contributed by atoms with Crippen molar-refractivity contribution in [3.63, 3.8) is 0 Å². The molecule has 1 amide bonds. The Kier molecular flexibility index (Phi) is 5.62. The summed E-state index contributed by atoms with van der Waals surface area (Å²) in [5, 5.41) is 1.77. The number of aromatic nitrogens is 2. The average Bonchev–Trinajstić information content (AvgIpc) is 3.52. The minimum Gasteiger partial charge on any atom is -0.365 e. The van der Waals surface area contributed by atoms with Crippen molar-refractivity contribution in [2.45, 2.75) is 51.6 Å². The van der Waals surface area contributed by atoms with Gasteiger partial charge in [0.25, 0.3) is 11.5 Å². The first-order valence-electron chi connectivity index (χ1n) is 13.2. The number of fused-ring (bicyclic) bond motifs is 3. The van der Waals surface area contributed by atoms with Crippen molar-refractivity contribution in [2.24, 2.45) is 7.05 Å². The monoisotopic (exact) mass is 482 g/mol. The van der Waals surface area contributed by atoms with Crippen LogP contribution in [0.1, 0.15) is 54.6 Å². The molecule has 6 nitrogen and oxygen atoms in total. The summed E-state index contributed by atoms with van der Waals surface area (Å²) in [4.78, 5) is 32.3. The van der Waals surface area contributed by atoms with Crippen LogP contribution in [0.5, 0.6) is 0 Å². The summed E-state index contributed by atoms with van der Waals surface area (Å²) >= 11 is 0. The van der Waals surface area contributed by atoms with E-state index in [-0.39, 0.29) is 23.6 Å². The molecule has 4 aromatic rings. The number of nitrogens with zero attached hydrogens (tertiary/aromatic N) is 4. The fourth-order valence-corrected chi connectivity index (χ4v) is 6.35. The predicted molar refractivity (Wildman–Crippen MR) is 146 cm³/mol. The lowest BCUT2D eigenvalue weighted by Gasteiger charge is -2.41. The van der Waals surface area contributed by atoms with E-state index in [4.69, 9.17) is 0 Å². The molecule has 1 aliphatic heterocycles. The quantitative estimate of drug-likeness (QED) is 0.400. The number of carbonyl (C=O) groups excluding carboxylic acids is 1. The van der Waals surface area contributed by atoms with Crippen molar-refractivity contribution in [1.29, 1.82) is 0 Å². The zero-order valence-electron chi connectivity index (χ0n) is 21.4. The van der Waals surface area contributed by atoms with Gasteiger partial charge in [0, 0.05) is 66.9 Å². The van der Waals surface area contributed by atoms with E-state index in [1.165, 1.54) is 11.3 Å². The summed E-state index contributed by atoms with van der Waals surface area (Å²) < 4.78 is 3.85. The summed E-state index contributed by atoms with van der Waals surface area (Å²) in [5.41, 5.74) is 4.75. The van der Waals surface area contributed by atoms with Crippen molar-refractivity contribution in [3.8, 4) is 0 Å². The van der Waals surface area contributed by atoms with Crippen LogP contribution in [-0.2, 0) is 7.05 Å². The molecular formula is C30H34N4O2. The van der Waals surface area contributed by atoms with Gasteiger partial charge in [-0.3, -0.25) is 9.59 Å². The van der Waals surface area contributed by atoms with Crippen LogP contribution in [0.15, 0.2) is 59.5 Å². The Bertz CT molecular complexity index is 1510. The Morgan fingerprint density at radius 3 is 2.42 bits per heavy atom. The van der Waals surface area contributed by atoms with Gasteiger partial charge in [-0.15, -0.1) is 0 Å². The van der Waals surface area contributed by atoms with Crippen molar-refractivity contribution in [2.75, 3.05) is 24.5 Å². The van der Waals surface area contributed by atoms with Crippen LogP contribution >= 0.6 is 0 Å². The highest BCUT2D eigenvalue weighted by Gasteiger charge is 2.31. The fraction of sp³-hybridized carbons (Fsp3) is 0.400. The van der Waals surface area contributed by atoms with Crippen LogP contribution in [0, 0.1) is 6.92 Å². The standard InChI is InChI=1S/C30H34N4O2/c1-20-12-14-23(15-13-20)33-17-16-32(18-21(33)2)29(35)25-19-34(22-8-4-5-9-22)30(36)28-27(25)24-10-6-7-11-26(24)31(28)3/h6-7,10-15,19,21-22H,4-5,8-9,16-18H2,1-3H3. The smallest absolute Gasteiger partial charge is 0.275 e. The van der Waals surface area contributed by atoms with Gasteiger partial charge in [-0.1, -0.05) is 48.7 Å². The molecule has 0 N–H and O–H groups in total. The van der Waals surface area contributed by atoms with E-state index in [2.05, 4.69) is 43.0 Å². The Labute approximate surface area is 211 Å². The molecule has 36 heavy (non-hydrogen) atoms. The number of carbonyl (C=O) groups is 1. The largest absolute Gasteiger partial charge is 0.365 e. The first-order valence-corrected chi connectivity index (χ1v) is 13.2. The van der Waals surface area contributed by atoms with Gasteiger partial charge in [-0.25, -0.2) is 0 Å². The molecule has 0 spiro atoms. The minimum absolute atomic E-state index is 0.0182. The summed E-state index contributed by atoms with van der Waals surface area (Å²) in [5.74, 6) is 0.0264. The lowest BCUT2D eigenvalue weighted by molar-refractivity contribution is 0.0727. The van der Waals surface area contributed by atoms with E-state index in [1.807, 2.05) is 51.5 Å². The van der Waals surface area contributed by atoms with E-state index in [1.54, 1.807) is 0 Å². The molecule has 2 aromatic carbocycles. The highest BCUT2D eigenvalue weighted by molar-refractivity contribution is 6.17. The van der Waals surface area contributed by atoms with E-state index in [0.717, 1.165) is 48.5 Å². The SMILES string of the molecule is Cc1ccc(N2CCN(C(=O)c3cn(C4CCCC4)c(=O)c4c3c3ccccc3n4C)CC2C)cc1. The third kappa shape index (κ3) is 3.62. The Morgan fingerprint density at radius 2 is 1.69 bits per heavy atom. The number of amides is 1. The summed E-state index contributed by atoms with van der Waals surface area (Å²) in [7, 11) is 1.95. The van der Waals surface area contributed by atoms with E-state index < -0.39 is 0 Å². The normalized spacial score (nSPS) is 19.0. The molecule has 1 aliphatic carbocycles. The summed E-state index contributed by atoms with van der Waals surface area (Å²) in [6, 6.07) is 17.0. The van der Waals surface area contributed by atoms with Crippen molar-refractivity contribution >= 4 is 33.4 Å². The van der Waals surface area contributed by atoms with Crippen LogP contribution in [0.4, 0.5) is 5.69 Å². The molecule has 1 atom stereocenters. The molecule has 0 radical (unpaired) electrons. The van der Waals surface area contributed by atoms with Crippen molar-refractivity contribution in [1.82, 2.24) is 14.0 Å². The van der Waals surface area contributed by atoms with E-state index in [0.29, 0.717) is 24.2 Å². The van der Waals surface area contributed by atoms with Crippen LogP contribution < -0.4 is 10.5 Å². The van der Waals surface area contributed by atoms with Gasteiger partial charge in [0.2, 0.25) is 0 Å². The van der Waals surface area contributed by atoms with Crippen molar-refractivity contribution < 1.29 is 4.79 Å². The second kappa shape index (κ2) is 8.84. The van der Waals surface area contributed by atoms with Gasteiger partial charge in [0.1, 0.15) is 5.52 Å². The number of anilines is 1. The van der Waals surface area contributed by atoms with Crippen LogP contribution in [0.25, 0.3) is 21.8 Å². The van der Waals surface area contributed by atoms with E-state index >= 15 is 0 Å². The number of benzene rings is 2. The topological polar surface area (TPSA) is 50.5 Å². The predicted octanol–water partition coefficient (Wildman–Crippen LogP) is 5.27. The first kappa shape index (κ1) is 22.9. The molecule has 2 aromatic heterocycles. The molecule has 1 saturated heterocycles. The first-order chi connectivity index (χ1) is 17.4. The highest BCUT2D eigenvalue weighted by atomic mass is 16.2. The zero-order valence-corrected chi connectivity index (χ0v) is 21.4. The van der Waals surface area contributed by atoms with Crippen LogP contribution in [0.3, 0.4) is 0 Å². The molecule has 1 saturated carbocycles. The second-order valence-corrected chi connectivity index (χ2v) is 10.6. The molecule has 0 bridgehead atoms. The maximum atomic E-state index is 14.2. The minimum atomic E-state index is 0.0182. The van der Waals surface area contributed by atoms with Gasteiger partial charge in [0.15, 0.2) is 0 Å². The molecule has 186 valence electrons. The number of pyridine rings is 1. The molecule has 2 fully saturated rings. The number of hydrogen-bond acceptors (Lipinski definition) is 3. The van der Waals surface area contributed by atoms with Crippen molar-refractivity contribution in [3.05, 3.63) is 76.2 Å². The maximum absolute atomic E-state index is 14.2. The molecule has 6 heteroatoms. The molecule has 1 unspecified atom stereocenters. The molecule has 2 aliphatic rings. The highest BCUT2D eigenvalue weighted by Crippen LogP contribution is 2.34. The van der Waals surface area contributed by atoms with Crippen LogP contribution in [0.2, 0.25) is 0 Å². The van der Waals surface area contributed by atoms with Gasteiger partial charge in [-0.05, 0) is 44.9 Å². The average molecular weight is 483 g/mol. The lowest BCUT2D eigenvalue weighted by Crippen LogP contribution is -2.54. The summed E-state index contributed by atoms with van der Waals surface area (Å²) in [6.07, 6.45) is 6.13. The Morgan fingerprint density at radius 1 is 0.972 bits per heavy atom. The maximum Gasteiger partial charge on any atom is 0.275 e.